The molecule has 0 radical (unpaired) electrons. The molecule has 0 fully saturated rings. The average molecular weight is 238 g/mol. The number of hydrogen-bond donors (Lipinski definition) is 1. The molecule has 0 atom stereocenters. The first-order valence-corrected chi connectivity index (χ1v) is 5.70. The Morgan fingerprint density at radius 2 is 1.78 bits per heavy atom. The largest absolute Gasteiger partial charge is 0.508 e. The topological polar surface area (TPSA) is 45.0 Å². The van der Waals surface area contributed by atoms with Crippen molar-refractivity contribution in [1.82, 2.24) is 0 Å². The summed E-state index contributed by atoms with van der Waals surface area (Å²) in [4.78, 5) is 0. The van der Waals surface area contributed by atoms with Gasteiger partial charge in [0.15, 0.2) is 0 Å². The Balaban J connectivity index is 2.31. The number of nitrogens with zero attached hydrogens (tertiary/aromatic N) is 2. The molecule has 1 N–H and O–H groups in total. The molecule has 2 aromatic rings. The van der Waals surface area contributed by atoms with Crippen LogP contribution < -0.4 is 0 Å². The Morgan fingerprint density at radius 1 is 1.00 bits per heavy atom. The molecule has 0 saturated carbocycles. The second-order valence-electron chi connectivity index (χ2n) is 3.80. The van der Waals surface area contributed by atoms with Crippen LogP contribution in [-0.4, -0.2) is 5.11 Å². The van der Waals surface area contributed by atoms with E-state index in [1.807, 2.05) is 36.4 Å². The lowest BCUT2D eigenvalue weighted by Gasteiger charge is -2.04. The van der Waals surface area contributed by atoms with Gasteiger partial charge in [-0.15, -0.1) is 6.58 Å². The van der Waals surface area contributed by atoms with Crippen molar-refractivity contribution in [3.8, 4) is 5.75 Å². The van der Waals surface area contributed by atoms with Crippen molar-refractivity contribution >= 4 is 11.4 Å². The molecule has 90 valence electrons. The normalized spacial score (nSPS) is 10.7. The van der Waals surface area contributed by atoms with Crippen LogP contribution in [-0.2, 0) is 6.42 Å². The van der Waals surface area contributed by atoms with Gasteiger partial charge < -0.3 is 5.11 Å². The standard InChI is InChI=1S/C15H14N2O/c1-2-7-13-14(10-6-11-15(13)18)17-16-12-8-4-3-5-9-12/h2-6,8-11,18H,1,7H2. The Kier molecular flexibility index (Phi) is 3.86. The third-order valence-corrected chi connectivity index (χ3v) is 2.50. The van der Waals surface area contributed by atoms with E-state index >= 15 is 0 Å². The van der Waals surface area contributed by atoms with E-state index in [0.29, 0.717) is 12.1 Å². The second kappa shape index (κ2) is 5.77. The maximum Gasteiger partial charge on any atom is 0.121 e. The molecule has 0 aliphatic carbocycles. The summed E-state index contributed by atoms with van der Waals surface area (Å²) < 4.78 is 0. The number of aromatic hydroxyl groups is 1. The molecule has 0 unspecified atom stereocenters. The number of phenols is 1. The average Bonchev–Trinajstić information content (AvgIpc) is 2.41. The molecule has 0 bridgehead atoms. The molecule has 18 heavy (non-hydrogen) atoms. The van der Waals surface area contributed by atoms with Crippen LogP contribution in [0.2, 0.25) is 0 Å². The maximum absolute atomic E-state index is 9.77. The first-order valence-electron chi connectivity index (χ1n) is 5.70. The summed E-state index contributed by atoms with van der Waals surface area (Å²) in [5, 5.41) is 18.1. The van der Waals surface area contributed by atoms with Crippen LogP contribution in [0.4, 0.5) is 11.4 Å². The number of hydrogen-bond acceptors (Lipinski definition) is 3. The zero-order valence-corrected chi connectivity index (χ0v) is 9.95. The predicted octanol–water partition coefficient (Wildman–Crippen LogP) is 4.54. The summed E-state index contributed by atoms with van der Waals surface area (Å²) in [7, 11) is 0. The molecule has 0 heterocycles. The molecular formula is C15H14N2O. The Labute approximate surface area is 106 Å². The van der Waals surface area contributed by atoms with Crippen molar-refractivity contribution in [3.05, 3.63) is 66.7 Å². The summed E-state index contributed by atoms with van der Waals surface area (Å²) in [5.41, 5.74) is 2.19. The van der Waals surface area contributed by atoms with Crippen molar-refractivity contribution < 1.29 is 5.11 Å². The van der Waals surface area contributed by atoms with Gasteiger partial charge in [-0.2, -0.15) is 10.2 Å². The number of rotatable bonds is 4. The van der Waals surface area contributed by atoms with E-state index in [1.165, 1.54) is 0 Å². The highest BCUT2D eigenvalue weighted by Crippen LogP contribution is 2.29. The number of benzene rings is 2. The molecular weight excluding hydrogens is 224 g/mol. The van der Waals surface area contributed by atoms with E-state index in [9.17, 15) is 5.11 Å². The summed E-state index contributed by atoms with van der Waals surface area (Å²) in [6, 6.07) is 14.7. The molecule has 0 spiro atoms. The van der Waals surface area contributed by atoms with Crippen LogP contribution in [0.3, 0.4) is 0 Å². The van der Waals surface area contributed by atoms with Crippen molar-refractivity contribution in [2.45, 2.75) is 6.42 Å². The van der Waals surface area contributed by atoms with Crippen LogP contribution in [0.5, 0.6) is 5.75 Å². The molecule has 0 aliphatic heterocycles. The smallest absolute Gasteiger partial charge is 0.121 e. The van der Waals surface area contributed by atoms with Gasteiger partial charge in [-0.1, -0.05) is 30.3 Å². The quantitative estimate of drug-likeness (QED) is 0.617. The van der Waals surface area contributed by atoms with Crippen molar-refractivity contribution in [1.29, 1.82) is 0 Å². The van der Waals surface area contributed by atoms with Crippen LogP contribution in [0.1, 0.15) is 5.56 Å². The van der Waals surface area contributed by atoms with E-state index in [0.717, 1.165) is 11.3 Å². The van der Waals surface area contributed by atoms with Crippen LogP contribution >= 0.6 is 0 Å². The fraction of sp³-hybridized carbons (Fsp3) is 0.0667. The first-order chi connectivity index (χ1) is 8.81. The van der Waals surface area contributed by atoms with E-state index in [-0.39, 0.29) is 5.75 Å². The van der Waals surface area contributed by atoms with Gasteiger partial charge in [0.1, 0.15) is 5.75 Å². The molecule has 2 rings (SSSR count). The fourth-order valence-corrected chi connectivity index (χ4v) is 1.62. The van der Waals surface area contributed by atoms with Crippen molar-refractivity contribution in [2.24, 2.45) is 10.2 Å². The first kappa shape index (κ1) is 12.0. The molecule has 0 aromatic heterocycles. The highest BCUT2D eigenvalue weighted by molar-refractivity contribution is 5.54. The molecule has 0 amide bonds. The zero-order valence-electron chi connectivity index (χ0n) is 9.95. The van der Waals surface area contributed by atoms with Crippen LogP contribution in [0, 0.1) is 0 Å². The highest BCUT2D eigenvalue weighted by atomic mass is 16.3. The third kappa shape index (κ3) is 2.83. The molecule has 3 nitrogen and oxygen atoms in total. The summed E-state index contributed by atoms with van der Waals surface area (Å²) >= 11 is 0. The summed E-state index contributed by atoms with van der Waals surface area (Å²) in [6.07, 6.45) is 2.30. The van der Waals surface area contributed by atoms with Gasteiger partial charge in [-0.25, -0.2) is 0 Å². The Bertz CT molecular complexity index is 562. The lowest BCUT2D eigenvalue weighted by Crippen LogP contribution is -1.82. The molecule has 0 aliphatic rings. The van der Waals surface area contributed by atoms with Crippen molar-refractivity contribution in [3.63, 3.8) is 0 Å². The molecule has 3 heteroatoms. The lowest BCUT2D eigenvalue weighted by molar-refractivity contribution is 0.470. The SMILES string of the molecule is C=CCc1c(O)cccc1N=Nc1ccccc1. The fourth-order valence-electron chi connectivity index (χ4n) is 1.62. The summed E-state index contributed by atoms with van der Waals surface area (Å²) in [5.74, 6) is 0.222. The van der Waals surface area contributed by atoms with Crippen molar-refractivity contribution in [2.75, 3.05) is 0 Å². The van der Waals surface area contributed by atoms with Gasteiger partial charge in [0.05, 0.1) is 11.4 Å². The number of allylic oxidation sites excluding steroid dienone is 1. The van der Waals surface area contributed by atoms with E-state index in [2.05, 4.69) is 16.8 Å². The monoisotopic (exact) mass is 238 g/mol. The predicted molar refractivity (Wildman–Crippen MR) is 72.6 cm³/mol. The second-order valence-corrected chi connectivity index (χ2v) is 3.80. The minimum atomic E-state index is 0.222. The third-order valence-electron chi connectivity index (χ3n) is 2.50. The van der Waals surface area contributed by atoms with E-state index in [1.54, 1.807) is 18.2 Å². The van der Waals surface area contributed by atoms with E-state index < -0.39 is 0 Å². The maximum atomic E-state index is 9.77. The number of azo groups is 1. The van der Waals surface area contributed by atoms with Gasteiger partial charge in [-0.3, -0.25) is 0 Å². The minimum absolute atomic E-state index is 0.222. The van der Waals surface area contributed by atoms with Gasteiger partial charge >= 0.3 is 0 Å². The van der Waals surface area contributed by atoms with Gasteiger partial charge in [0.2, 0.25) is 0 Å². The van der Waals surface area contributed by atoms with Crippen LogP contribution in [0.15, 0.2) is 71.4 Å². The summed E-state index contributed by atoms with van der Waals surface area (Å²) in [6.45, 7) is 3.67. The zero-order chi connectivity index (χ0) is 12.8. The Morgan fingerprint density at radius 3 is 2.50 bits per heavy atom. The molecule has 2 aromatic carbocycles. The minimum Gasteiger partial charge on any atom is -0.508 e. The highest BCUT2D eigenvalue weighted by Gasteiger charge is 2.05. The van der Waals surface area contributed by atoms with E-state index in [4.69, 9.17) is 0 Å². The van der Waals surface area contributed by atoms with Gasteiger partial charge in [0.25, 0.3) is 0 Å². The number of phenolic OH excluding ortho intramolecular Hbond substituents is 1. The van der Waals surface area contributed by atoms with Gasteiger partial charge in [-0.05, 0) is 30.7 Å². The Hall–Kier alpha value is -2.42. The lowest BCUT2D eigenvalue weighted by atomic mass is 10.1. The van der Waals surface area contributed by atoms with Gasteiger partial charge in [0, 0.05) is 5.56 Å². The molecule has 0 saturated heterocycles. The van der Waals surface area contributed by atoms with Crippen LogP contribution in [0.25, 0.3) is 0 Å².